The Bertz CT molecular complexity index is 187. The fourth-order valence-corrected chi connectivity index (χ4v) is 0.412. The van der Waals surface area contributed by atoms with Gasteiger partial charge in [0.2, 0.25) is 0 Å². The van der Waals surface area contributed by atoms with Crippen LogP contribution >= 0.6 is 0 Å². The smallest absolute Gasteiger partial charge is 0.442 e. The summed E-state index contributed by atoms with van der Waals surface area (Å²) >= 11 is 0. The van der Waals surface area contributed by atoms with Crippen LogP contribution in [0.2, 0.25) is 0 Å². The fourth-order valence-electron chi connectivity index (χ4n) is 0.412. The summed E-state index contributed by atoms with van der Waals surface area (Å²) < 4.78 is 4.76. The number of hydrogen-bond donors (Lipinski definition) is 1. The third-order valence-corrected chi connectivity index (χ3v) is 0.677. The minimum Gasteiger partial charge on any atom is -0.442 e. The maximum Gasteiger partial charge on any atom is 1.00 e. The molecular weight excluding hydrogens is 162 g/mol. The summed E-state index contributed by atoms with van der Waals surface area (Å²) in [6.07, 6.45) is -0.780. The molecule has 0 aromatic carbocycles. The Hall–Kier alpha value is -1.26. The molecular formula is C7H14NO4+. The molecule has 0 unspecified atom stereocenters. The third-order valence-electron chi connectivity index (χ3n) is 0.677. The van der Waals surface area contributed by atoms with Crippen molar-refractivity contribution in [2.24, 2.45) is 0 Å². The molecule has 0 aromatic rings. The summed E-state index contributed by atoms with van der Waals surface area (Å²) in [4.78, 5) is 25.2. The first-order valence-corrected chi connectivity index (χ1v) is 3.47. The second-order valence-electron chi connectivity index (χ2n) is 3.20. The van der Waals surface area contributed by atoms with Gasteiger partial charge in [-0.05, 0) is 20.8 Å². The van der Waals surface area contributed by atoms with E-state index >= 15 is 0 Å². The van der Waals surface area contributed by atoms with Crippen LogP contribution in [0.3, 0.4) is 0 Å². The van der Waals surface area contributed by atoms with Gasteiger partial charge in [0.05, 0.1) is 0 Å². The average molecular weight is 176 g/mol. The molecule has 1 N–H and O–H groups in total. The van der Waals surface area contributed by atoms with Gasteiger partial charge in [-0.15, -0.1) is 5.48 Å². The number of rotatable bonds is 0. The van der Waals surface area contributed by atoms with Crippen molar-refractivity contribution in [2.45, 2.75) is 33.3 Å². The van der Waals surface area contributed by atoms with Crippen molar-refractivity contribution < 1.29 is 20.6 Å². The predicted molar refractivity (Wildman–Crippen MR) is 42.2 cm³/mol. The molecule has 0 radical (unpaired) electrons. The summed E-state index contributed by atoms with van der Waals surface area (Å²) in [7, 11) is 0. The highest BCUT2D eigenvalue weighted by Crippen LogP contribution is 2.06. The molecule has 0 atom stereocenters. The minimum absolute atomic E-state index is 0. The lowest BCUT2D eigenvalue weighted by atomic mass is 10.2. The van der Waals surface area contributed by atoms with Crippen LogP contribution in [0.15, 0.2) is 0 Å². The Morgan fingerprint density at radius 3 is 2.17 bits per heavy atom. The topological polar surface area (TPSA) is 64.6 Å². The molecule has 0 aromatic heterocycles. The molecule has 0 rings (SSSR count). The largest absolute Gasteiger partial charge is 1.00 e. The van der Waals surface area contributed by atoms with Crippen molar-refractivity contribution in [3.8, 4) is 0 Å². The van der Waals surface area contributed by atoms with Crippen LogP contribution in [-0.2, 0) is 14.4 Å². The summed E-state index contributed by atoms with van der Waals surface area (Å²) in [6, 6.07) is 0. The van der Waals surface area contributed by atoms with Crippen molar-refractivity contribution >= 4 is 12.1 Å². The monoisotopic (exact) mass is 176 g/mol. The van der Waals surface area contributed by atoms with Crippen molar-refractivity contribution in [1.82, 2.24) is 5.48 Å². The number of amides is 1. The molecule has 0 saturated carbocycles. The average Bonchev–Trinajstić information content (AvgIpc) is 1.79. The number of carbonyl (C=O) groups is 2. The van der Waals surface area contributed by atoms with E-state index < -0.39 is 17.7 Å². The van der Waals surface area contributed by atoms with Crippen LogP contribution in [0.5, 0.6) is 0 Å². The highest BCUT2D eigenvalue weighted by Gasteiger charge is 2.16. The van der Waals surface area contributed by atoms with Gasteiger partial charge in [-0.1, -0.05) is 0 Å². The lowest BCUT2D eigenvalue weighted by molar-refractivity contribution is -0.147. The van der Waals surface area contributed by atoms with Crippen LogP contribution in [0.25, 0.3) is 0 Å². The predicted octanol–water partition coefficient (Wildman–Crippen LogP) is 1.10. The summed E-state index contributed by atoms with van der Waals surface area (Å²) in [5.74, 6) is -0.596. The first-order chi connectivity index (χ1) is 5.31. The van der Waals surface area contributed by atoms with Gasteiger partial charge < -0.3 is 9.57 Å². The van der Waals surface area contributed by atoms with Gasteiger partial charge in [0.1, 0.15) is 5.60 Å². The van der Waals surface area contributed by atoms with Gasteiger partial charge in [-0.2, -0.15) is 0 Å². The molecule has 0 heterocycles. The minimum atomic E-state index is -0.780. The van der Waals surface area contributed by atoms with Gasteiger partial charge in [0.15, 0.2) is 0 Å². The van der Waals surface area contributed by atoms with Crippen molar-refractivity contribution in [3.63, 3.8) is 0 Å². The molecule has 0 saturated heterocycles. The molecule has 0 aliphatic heterocycles. The highest BCUT2D eigenvalue weighted by atomic mass is 16.7. The van der Waals surface area contributed by atoms with Gasteiger partial charge in [0, 0.05) is 6.92 Å². The Balaban J connectivity index is 0. The molecule has 0 bridgehead atoms. The van der Waals surface area contributed by atoms with Gasteiger partial charge in [-0.25, -0.2) is 4.79 Å². The zero-order valence-electron chi connectivity index (χ0n) is 8.63. The molecule has 5 nitrogen and oxygen atoms in total. The van der Waals surface area contributed by atoms with E-state index in [1.807, 2.05) is 5.48 Å². The zero-order chi connectivity index (χ0) is 9.78. The Labute approximate surface area is 72.5 Å². The Kier molecular flexibility index (Phi) is 3.53. The van der Waals surface area contributed by atoms with E-state index in [-0.39, 0.29) is 1.43 Å². The lowest BCUT2D eigenvalue weighted by Gasteiger charge is -2.18. The molecule has 1 amide bonds. The van der Waals surface area contributed by atoms with E-state index in [1.54, 1.807) is 20.8 Å². The molecule has 12 heavy (non-hydrogen) atoms. The first kappa shape index (κ1) is 10.7. The normalized spacial score (nSPS) is 10.3. The van der Waals surface area contributed by atoms with Crippen molar-refractivity contribution in [3.05, 3.63) is 0 Å². The van der Waals surface area contributed by atoms with Crippen LogP contribution in [-0.4, -0.2) is 17.7 Å². The Morgan fingerprint density at radius 2 is 1.83 bits per heavy atom. The number of hydrogen-bond acceptors (Lipinski definition) is 4. The maximum absolute atomic E-state index is 10.8. The van der Waals surface area contributed by atoms with Crippen LogP contribution in [0.1, 0.15) is 29.1 Å². The fraction of sp³-hybridized carbons (Fsp3) is 0.714. The van der Waals surface area contributed by atoms with Crippen LogP contribution < -0.4 is 5.48 Å². The zero-order valence-corrected chi connectivity index (χ0v) is 7.63. The van der Waals surface area contributed by atoms with Gasteiger partial charge in [0.25, 0.3) is 0 Å². The molecule has 0 spiro atoms. The molecule has 0 aliphatic rings. The molecule has 5 heteroatoms. The maximum atomic E-state index is 10.8. The second-order valence-corrected chi connectivity index (χ2v) is 3.20. The molecule has 70 valence electrons. The highest BCUT2D eigenvalue weighted by molar-refractivity contribution is 5.71. The van der Waals surface area contributed by atoms with Crippen molar-refractivity contribution in [2.75, 3.05) is 0 Å². The number of ether oxygens (including phenoxy) is 1. The van der Waals surface area contributed by atoms with E-state index in [9.17, 15) is 9.59 Å². The molecule has 0 aliphatic carbocycles. The lowest BCUT2D eigenvalue weighted by Crippen LogP contribution is -2.33. The van der Waals surface area contributed by atoms with E-state index in [2.05, 4.69) is 4.84 Å². The summed E-state index contributed by atoms with van der Waals surface area (Å²) in [5.41, 5.74) is 1.23. The first-order valence-electron chi connectivity index (χ1n) is 3.47. The summed E-state index contributed by atoms with van der Waals surface area (Å²) in [5, 5.41) is 0. The Morgan fingerprint density at radius 1 is 1.33 bits per heavy atom. The van der Waals surface area contributed by atoms with E-state index in [0.717, 1.165) is 0 Å². The quantitative estimate of drug-likeness (QED) is 0.561. The second kappa shape index (κ2) is 3.94. The number of carbonyl (C=O) groups excluding carboxylic acids is 2. The van der Waals surface area contributed by atoms with Crippen LogP contribution in [0.4, 0.5) is 4.79 Å². The van der Waals surface area contributed by atoms with Gasteiger partial charge in [-0.3, -0.25) is 4.79 Å². The van der Waals surface area contributed by atoms with Gasteiger partial charge >= 0.3 is 13.5 Å². The molecule has 0 fully saturated rings. The van der Waals surface area contributed by atoms with Crippen molar-refractivity contribution in [1.29, 1.82) is 0 Å². The van der Waals surface area contributed by atoms with E-state index in [1.165, 1.54) is 6.92 Å². The van der Waals surface area contributed by atoms with E-state index in [0.29, 0.717) is 0 Å². The standard InChI is InChI=1S/C7H13NO4/c1-5(9)12-8-6(10)11-7(2,3)4/h1-4H3,(H,8,10)/p+1. The third kappa shape index (κ3) is 6.85. The van der Waals surface area contributed by atoms with Crippen LogP contribution in [0, 0.1) is 0 Å². The SMILES string of the molecule is CC(=O)ONC(=O)OC(C)(C)C.[H+]. The summed E-state index contributed by atoms with van der Waals surface area (Å²) in [6.45, 7) is 6.30. The number of nitrogens with one attached hydrogen (secondary N) is 1. The number of hydroxylamine groups is 1. The van der Waals surface area contributed by atoms with E-state index in [4.69, 9.17) is 4.74 Å².